The third kappa shape index (κ3) is 4.74. The number of hydrogen-bond acceptors (Lipinski definition) is 4. The van der Waals surface area contributed by atoms with Crippen molar-refractivity contribution in [3.8, 4) is 45.5 Å². The third-order valence-electron chi connectivity index (χ3n) is 11.1. The minimum absolute atomic E-state index is 0.617. The Hall–Kier alpha value is -7.83. The van der Waals surface area contributed by atoms with Gasteiger partial charge in [-0.2, -0.15) is 0 Å². The summed E-state index contributed by atoms with van der Waals surface area (Å²) in [6.07, 6.45) is 0. The average Bonchev–Trinajstić information content (AvgIpc) is 3.95. The summed E-state index contributed by atoms with van der Waals surface area (Å²) in [7, 11) is 0. The summed E-state index contributed by atoms with van der Waals surface area (Å²) in [5, 5.41) is 6.93. The van der Waals surface area contributed by atoms with Crippen LogP contribution in [0.15, 0.2) is 192 Å². The van der Waals surface area contributed by atoms with Crippen LogP contribution < -0.4 is 0 Å². The van der Waals surface area contributed by atoms with Gasteiger partial charge in [-0.25, -0.2) is 15.0 Å². The van der Waals surface area contributed by atoms with E-state index < -0.39 is 0 Å². The van der Waals surface area contributed by atoms with Crippen LogP contribution >= 0.6 is 0 Å². The summed E-state index contributed by atoms with van der Waals surface area (Å²) in [5.74, 6) is 1.89. The van der Waals surface area contributed by atoms with Crippen molar-refractivity contribution < 1.29 is 4.42 Å². The highest BCUT2D eigenvalue weighted by atomic mass is 16.3. The van der Waals surface area contributed by atoms with Gasteiger partial charge in [0, 0.05) is 55.0 Å². The molecular weight excluding hydrogens is 699 g/mol. The van der Waals surface area contributed by atoms with E-state index in [0.717, 1.165) is 77.5 Å². The Balaban J connectivity index is 1.15. The van der Waals surface area contributed by atoms with E-state index in [1.54, 1.807) is 0 Å². The Morgan fingerprint density at radius 1 is 0.333 bits per heavy atom. The molecule has 0 saturated heterocycles. The highest BCUT2D eigenvalue weighted by Crippen LogP contribution is 2.49. The number of rotatable bonds is 5. The molecule has 57 heavy (non-hydrogen) atoms. The number of nitrogens with zero attached hydrogens (tertiary/aromatic N) is 5. The van der Waals surface area contributed by atoms with Crippen molar-refractivity contribution in [3.63, 3.8) is 0 Å². The molecule has 0 saturated carbocycles. The number of furan rings is 1. The molecule has 0 bridgehead atoms. The van der Waals surface area contributed by atoms with Crippen molar-refractivity contribution in [2.24, 2.45) is 0 Å². The molecule has 0 aliphatic heterocycles. The first-order valence-electron chi connectivity index (χ1n) is 19.1. The molecule has 6 nitrogen and oxygen atoms in total. The zero-order valence-corrected chi connectivity index (χ0v) is 30.5. The first-order valence-corrected chi connectivity index (χ1v) is 19.1. The Kier molecular flexibility index (Phi) is 6.83. The van der Waals surface area contributed by atoms with Crippen molar-refractivity contribution in [2.75, 3.05) is 0 Å². The molecule has 0 N–H and O–H groups in total. The van der Waals surface area contributed by atoms with Crippen LogP contribution in [0.2, 0.25) is 0 Å². The van der Waals surface area contributed by atoms with Crippen molar-refractivity contribution in [1.29, 1.82) is 0 Å². The van der Waals surface area contributed by atoms with E-state index in [-0.39, 0.29) is 0 Å². The second kappa shape index (κ2) is 12.3. The van der Waals surface area contributed by atoms with Gasteiger partial charge in [-0.05, 0) is 54.6 Å². The lowest BCUT2D eigenvalue weighted by molar-refractivity contribution is 0.671. The van der Waals surface area contributed by atoms with Gasteiger partial charge in [-0.15, -0.1) is 0 Å². The fourth-order valence-electron chi connectivity index (χ4n) is 8.70. The van der Waals surface area contributed by atoms with Crippen LogP contribution in [0.5, 0.6) is 0 Å². The van der Waals surface area contributed by atoms with Crippen LogP contribution in [0.4, 0.5) is 0 Å². The SMILES string of the molecule is c1ccc(-c2nc(-c3ccccc3)nc(-c3ccc(-n4c5ccccc5c5c6c7ccccc7n(-c7ccccc7)c6c6c7ccccc7oc6c54)cc3)n2)cc1. The van der Waals surface area contributed by atoms with E-state index in [1.807, 2.05) is 66.7 Å². The van der Waals surface area contributed by atoms with E-state index >= 15 is 0 Å². The van der Waals surface area contributed by atoms with Gasteiger partial charge in [0.05, 0.1) is 27.5 Å². The van der Waals surface area contributed by atoms with Crippen LogP contribution in [0, 0.1) is 0 Å². The van der Waals surface area contributed by atoms with Crippen LogP contribution in [-0.2, 0) is 0 Å². The van der Waals surface area contributed by atoms with Gasteiger partial charge in [0.1, 0.15) is 5.58 Å². The van der Waals surface area contributed by atoms with E-state index in [0.29, 0.717) is 17.5 Å². The maximum absolute atomic E-state index is 6.99. The van der Waals surface area contributed by atoms with Crippen LogP contribution in [0.25, 0.3) is 111 Å². The van der Waals surface area contributed by atoms with Gasteiger partial charge in [0.2, 0.25) is 0 Å². The Labute approximate surface area is 326 Å². The van der Waals surface area contributed by atoms with Crippen molar-refractivity contribution in [1.82, 2.24) is 24.1 Å². The quantitative estimate of drug-likeness (QED) is 0.177. The molecule has 0 aliphatic carbocycles. The highest BCUT2D eigenvalue weighted by molar-refractivity contribution is 6.39. The summed E-state index contributed by atoms with van der Waals surface area (Å²) >= 11 is 0. The second-order valence-corrected chi connectivity index (χ2v) is 14.4. The summed E-state index contributed by atoms with van der Waals surface area (Å²) < 4.78 is 11.8. The Morgan fingerprint density at radius 2 is 0.754 bits per heavy atom. The molecule has 12 rings (SSSR count). The molecular formula is C51H31N5O. The first kappa shape index (κ1) is 31.5. The molecule has 266 valence electrons. The van der Waals surface area contributed by atoms with Crippen molar-refractivity contribution >= 4 is 65.6 Å². The summed E-state index contributed by atoms with van der Waals surface area (Å²) in [4.78, 5) is 14.9. The molecule has 12 aromatic rings. The minimum Gasteiger partial charge on any atom is -0.454 e. The monoisotopic (exact) mass is 729 g/mol. The van der Waals surface area contributed by atoms with Gasteiger partial charge in [0.15, 0.2) is 23.1 Å². The number of fused-ring (bicyclic) bond motifs is 12. The molecule has 0 aliphatic rings. The van der Waals surface area contributed by atoms with Gasteiger partial charge < -0.3 is 13.6 Å². The lowest BCUT2D eigenvalue weighted by Gasteiger charge is -2.12. The maximum Gasteiger partial charge on any atom is 0.164 e. The molecule has 0 fully saturated rings. The third-order valence-corrected chi connectivity index (χ3v) is 11.1. The maximum atomic E-state index is 6.99. The van der Waals surface area contributed by atoms with Gasteiger partial charge in [-0.3, -0.25) is 0 Å². The van der Waals surface area contributed by atoms with Crippen LogP contribution in [0.3, 0.4) is 0 Å². The van der Waals surface area contributed by atoms with Gasteiger partial charge >= 0.3 is 0 Å². The Morgan fingerprint density at radius 3 is 1.33 bits per heavy atom. The van der Waals surface area contributed by atoms with Gasteiger partial charge in [-0.1, -0.05) is 133 Å². The highest BCUT2D eigenvalue weighted by Gasteiger charge is 2.27. The van der Waals surface area contributed by atoms with Crippen molar-refractivity contribution in [3.05, 3.63) is 188 Å². The van der Waals surface area contributed by atoms with E-state index in [4.69, 9.17) is 19.4 Å². The van der Waals surface area contributed by atoms with Crippen LogP contribution in [0.1, 0.15) is 0 Å². The topological polar surface area (TPSA) is 61.7 Å². The molecule has 0 atom stereocenters. The lowest BCUT2D eigenvalue weighted by atomic mass is 10.0. The van der Waals surface area contributed by atoms with E-state index in [2.05, 4.69) is 130 Å². The van der Waals surface area contributed by atoms with E-state index in [9.17, 15) is 0 Å². The Bertz CT molecular complexity index is 3430. The predicted octanol–water partition coefficient (Wildman–Crippen LogP) is 13.0. The number of aromatic nitrogens is 5. The van der Waals surface area contributed by atoms with Gasteiger partial charge in [0.25, 0.3) is 0 Å². The van der Waals surface area contributed by atoms with Crippen molar-refractivity contribution in [2.45, 2.75) is 0 Å². The average molecular weight is 730 g/mol. The molecule has 4 heterocycles. The number of para-hydroxylation sites is 4. The first-order chi connectivity index (χ1) is 28.3. The molecule has 0 spiro atoms. The zero-order chi connectivity index (χ0) is 37.5. The molecule has 0 unspecified atom stereocenters. The predicted molar refractivity (Wildman–Crippen MR) is 232 cm³/mol. The second-order valence-electron chi connectivity index (χ2n) is 14.4. The molecule has 6 heteroatoms. The molecule has 0 radical (unpaired) electrons. The number of hydrogen-bond donors (Lipinski definition) is 0. The fraction of sp³-hybridized carbons (Fsp3) is 0. The normalized spacial score (nSPS) is 11.9. The minimum atomic E-state index is 0.617. The molecule has 0 amide bonds. The largest absolute Gasteiger partial charge is 0.454 e. The van der Waals surface area contributed by atoms with E-state index in [1.165, 1.54) is 16.2 Å². The summed E-state index contributed by atoms with van der Waals surface area (Å²) in [6.45, 7) is 0. The molecule has 4 aromatic heterocycles. The lowest BCUT2D eigenvalue weighted by Crippen LogP contribution is -2.00. The van der Waals surface area contributed by atoms with Crippen LogP contribution in [-0.4, -0.2) is 24.1 Å². The summed E-state index contributed by atoms with van der Waals surface area (Å²) in [5.41, 5.74) is 11.1. The zero-order valence-electron chi connectivity index (χ0n) is 30.5. The smallest absolute Gasteiger partial charge is 0.164 e. The fourth-order valence-corrected chi connectivity index (χ4v) is 8.70. The molecule has 8 aromatic carbocycles. The number of benzene rings is 8. The summed E-state index contributed by atoms with van der Waals surface area (Å²) in [6, 6.07) is 65.3. The standard InChI is InChI=1S/C51H31N5O/c1-4-16-32(17-5-1)49-52-50(33-18-6-2-7-19-33)54-51(53-49)34-28-30-36(31-29-34)56-41-26-14-11-23-38(41)44-43-37-22-10-13-25-40(37)55(35-20-8-3-9-21-35)46(43)45-39-24-12-15-27-42(39)57-48(45)47(44)56/h1-31H.